The number of aliphatic hydroxyl groups excluding tert-OH is 1. The fraction of sp³-hybridized carbons (Fsp3) is 0.333. The number of hydrogen-bond acceptors (Lipinski definition) is 4. The number of fused-ring (bicyclic) bond motifs is 1. The Morgan fingerprint density at radius 1 is 1.48 bits per heavy atom. The quantitative estimate of drug-likeness (QED) is 0.815. The number of anilines is 1. The van der Waals surface area contributed by atoms with E-state index in [4.69, 9.17) is 0 Å². The standard InChI is InChI=1S/C15H17N3O2S/c1-2-10-8-21-15(16-10)18-14(20)17-13-11-6-4-3-5-9(11)7-12(13)19/h3-6,8,12-13,19H,2,7H2,1H3,(H2,16,17,18,20)/t12-,13+/m0/s1. The van der Waals surface area contributed by atoms with Crippen LogP contribution in [-0.4, -0.2) is 22.2 Å². The molecule has 6 heteroatoms. The summed E-state index contributed by atoms with van der Waals surface area (Å²) in [5.41, 5.74) is 3.02. The average molecular weight is 303 g/mol. The number of aryl methyl sites for hydroxylation is 1. The largest absolute Gasteiger partial charge is 0.390 e. The van der Waals surface area contributed by atoms with E-state index < -0.39 is 6.10 Å². The van der Waals surface area contributed by atoms with Crippen molar-refractivity contribution in [2.75, 3.05) is 5.32 Å². The number of nitrogens with zero attached hydrogens (tertiary/aromatic N) is 1. The number of carbonyl (C=O) groups is 1. The Labute approximate surface area is 127 Å². The van der Waals surface area contributed by atoms with Gasteiger partial charge in [0.1, 0.15) is 0 Å². The lowest BCUT2D eigenvalue weighted by Gasteiger charge is -2.17. The van der Waals surface area contributed by atoms with Crippen LogP contribution in [0.1, 0.15) is 29.8 Å². The van der Waals surface area contributed by atoms with Gasteiger partial charge in [-0.3, -0.25) is 5.32 Å². The average Bonchev–Trinajstić information content (AvgIpc) is 3.04. The van der Waals surface area contributed by atoms with Crippen molar-refractivity contribution in [1.29, 1.82) is 0 Å². The number of hydrogen-bond donors (Lipinski definition) is 3. The molecule has 0 saturated carbocycles. The molecule has 1 aliphatic rings. The first-order valence-electron chi connectivity index (χ1n) is 6.95. The van der Waals surface area contributed by atoms with Gasteiger partial charge in [-0.1, -0.05) is 31.2 Å². The predicted octanol–water partition coefficient (Wildman–Crippen LogP) is 2.49. The summed E-state index contributed by atoms with van der Waals surface area (Å²) >= 11 is 1.40. The minimum atomic E-state index is -0.587. The van der Waals surface area contributed by atoms with Crippen molar-refractivity contribution in [3.63, 3.8) is 0 Å². The van der Waals surface area contributed by atoms with Gasteiger partial charge in [0.2, 0.25) is 0 Å². The molecular formula is C15H17N3O2S. The molecule has 0 radical (unpaired) electrons. The highest BCUT2D eigenvalue weighted by atomic mass is 32.1. The molecule has 3 rings (SSSR count). The Morgan fingerprint density at radius 2 is 2.29 bits per heavy atom. The van der Waals surface area contributed by atoms with E-state index in [1.54, 1.807) is 0 Å². The van der Waals surface area contributed by atoms with Crippen LogP contribution in [0, 0.1) is 0 Å². The van der Waals surface area contributed by atoms with Gasteiger partial charge in [0.25, 0.3) is 0 Å². The molecule has 110 valence electrons. The zero-order valence-corrected chi connectivity index (χ0v) is 12.5. The molecule has 0 aliphatic heterocycles. The van der Waals surface area contributed by atoms with E-state index in [0.29, 0.717) is 11.6 Å². The molecule has 0 unspecified atom stereocenters. The SMILES string of the molecule is CCc1csc(NC(=O)N[C@@H]2c3ccccc3C[C@@H]2O)n1. The van der Waals surface area contributed by atoms with Crippen molar-refractivity contribution in [3.05, 3.63) is 46.5 Å². The van der Waals surface area contributed by atoms with Crippen LogP contribution in [0.15, 0.2) is 29.6 Å². The molecule has 0 fully saturated rings. The third-order valence-electron chi connectivity index (χ3n) is 3.63. The van der Waals surface area contributed by atoms with E-state index in [9.17, 15) is 9.90 Å². The number of carbonyl (C=O) groups excluding carboxylic acids is 1. The van der Waals surface area contributed by atoms with Crippen molar-refractivity contribution in [2.45, 2.75) is 31.9 Å². The fourth-order valence-corrected chi connectivity index (χ4v) is 3.34. The minimum absolute atomic E-state index is 0.340. The maximum absolute atomic E-state index is 12.1. The Balaban J connectivity index is 1.67. The highest BCUT2D eigenvalue weighted by molar-refractivity contribution is 7.13. The van der Waals surface area contributed by atoms with E-state index in [1.165, 1.54) is 11.3 Å². The monoisotopic (exact) mass is 303 g/mol. The van der Waals surface area contributed by atoms with E-state index in [2.05, 4.69) is 15.6 Å². The normalized spacial score (nSPS) is 20.1. The van der Waals surface area contributed by atoms with Crippen molar-refractivity contribution in [3.8, 4) is 0 Å². The Morgan fingerprint density at radius 3 is 3.05 bits per heavy atom. The van der Waals surface area contributed by atoms with Crippen molar-refractivity contribution < 1.29 is 9.90 Å². The van der Waals surface area contributed by atoms with Crippen LogP contribution >= 0.6 is 11.3 Å². The van der Waals surface area contributed by atoms with Gasteiger partial charge in [-0.25, -0.2) is 9.78 Å². The molecule has 2 aromatic rings. The first kappa shape index (κ1) is 14.0. The van der Waals surface area contributed by atoms with Gasteiger partial charge in [-0.2, -0.15) is 0 Å². The zero-order valence-electron chi connectivity index (χ0n) is 11.7. The summed E-state index contributed by atoms with van der Waals surface area (Å²) in [6.45, 7) is 2.02. The number of aliphatic hydroxyl groups is 1. The topological polar surface area (TPSA) is 74.2 Å². The molecule has 1 aromatic heterocycles. The number of benzene rings is 1. The molecule has 0 bridgehead atoms. The number of urea groups is 1. The lowest BCUT2D eigenvalue weighted by molar-refractivity contribution is 0.144. The molecule has 2 atom stereocenters. The van der Waals surface area contributed by atoms with Crippen molar-refractivity contribution >= 4 is 22.5 Å². The second-order valence-electron chi connectivity index (χ2n) is 5.04. The molecule has 1 aromatic carbocycles. The van der Waals surface area contributed by atoms with E-state index in [-0.39, 0.29) is 12.1 Å². The molecule has 2 amide bonds. The van der Waals surface area contributed by atoms with Crippen LogP contribution in [0.3, 0.4) is 0 Å². The van der Waals surface area contributed by atoms with Gasteiger partial charge in [0.15, 0.2) is 5.13 Å². The molecular weight excluding hydrogens is 286 g/mol. The number of rotatable bonds is 3. The first-order chi connectivity index (χ1) is 10.2. The Kier molecular flexibility index (Phi) is 3.90. The van der Waals surface area contributed by atoms with Gasteiger partial charge in [0.05, 0.1) is 17.8 Å². The fourth-order valence-electron chi connectivity index (χ4n) is 2.55. The van der Waals surface area contributed by atoms with Crippen LogP contribution in [-0.2, 0) is 12.8 Å². The van der Waals surface area contributed by atoms with Gasteiger partial charge in [-0.15, -0.1) is 11.3 Å². The van der Waals surface area contributed by atoms with Crippen LogP contribution in [0.25, 0.3) is 0 Å². The second-order valence-corrected chi connectivity index (χ2v) is 5.90. The highest BCUT2D eigenvalue weighted by Crippen LogP contribution is 2.31. The highest BCUT2D eigenvalue weighted by Gasteiger charge is 2.31. The molecule has 5 nitrogen and oxygen atoms in total. The number of thiazole rings is 1. The molecule has 0 spiro atoms. The summed E-state index contributed by atoms with van der Waals surface area (Å²) in [6.07, 6.45) is 0.822. The molecule has 0 saturated heterocycles. The van der Waals surface area contributed by atoms with E-state index >= 15 is 0 Å². The van der Waals surface area contributed by atoms with Gasteiger partial charge in [0, 0.05) is 11.8 Å². The Hall–Kier alpha value is -1.92. The van der Waals surface area contributed by atoms with Gasteiger partial charge in [-0.05, 0) is 17.5 Å². The Bertz CT molecular complexity index is 656. The first-order valence-corrected chi connectivity index (χ1v) is 7.83. The maximum atomic E-state index is 12.1. The summed E-state index contributed by atoms with van der Waals surface area (Å²) in [5.74, 6) is 0. The number of amides is 2. The van der Waals surface area contributed by atoms with Crippen LogP contribution in [0.5, 0.6) is 0 Å². The van der Waals surface area contributed by atoms with Gasteiger partial charge >= 0.3 is 6.03 Å². The summed E-state index contributed by atoms with van der Waals surface area (Å²) < 4.78 is 0. The van der Waals surface area contributed by atoms with Crippen molar-refractivity contribution in [2.24, 2.45) is 0 Å². The lowest BCUT2D eigenvalue weighted by atomic mass is 10.1. The molecule has 1 heterocycles. The molecule has 1 aliphatic carbocycles. The third kappa shape index (κ3) is 2.91. The second kappa shape index (κ2) is 5.83. The maximum Gasteiger partial charge on any atom is 0.321 e. The molecule has 21 heavy (non-hydrogen) atoms. The minimum Gasteiger partial charge on any atom is -0.390 e. The number of aromatic nitrogens is 1. The summed E-state index contributed by atoms with van der Waals surface area (Å²) in [5, 5.41) is 18.2. The van der Waals surface area contributed by atoms with Crippen LogP contribution in [0.4, 0.5) is 9.93 Å². The summed E-state index contributed by atoms with van der Waals surface area (Å²) in [4.78, 5) is 16.3. The van der Waals surface area contributed by atoms with Crippen LogP contribution < -0.4 is 10.6 Å². The van der Waals surface area contributed by atoms with Crippen molar-refractivity contribution in [1.82, 2.24) is 10.3 Å². The van der Waals surface area contributed by atoms with Crippen LogP contribution in [0.2, 0.25) is 0 Å². The lowest BCUT2D eigenvalue weighted by Crippen LogP contribution is -2.36. The smallest absolute Gasteiger partial charge is 0.321 e. The summed E-state index contributed by atoms with van der Waals surface area (Å²) in [6, 6.07) is 7.06. The van der Waals surface area contributed by atoms with E-state index in [1.807, 2.05) is 36.6 Å². The molecule has 3 N–H and O–H groups in total. The zero-order chi connectivity index (χ0) is 14.8. The van der Waals surface area contributed by atoms with E-state index in [0.717, 1.165) is 23.2 Å². The van der Waals surface area contributed by atoms with Gasteiger partial charge < -0.3 is 10.4 Å². The predicted molar refractivity (Wildman–Crippen MR) is 82.5 cm³/mol. The summed E-state index contributed by atoms with van der Waals surface area (Å²) in [7, 11) is 0. The number of nitrogens with one attached hydrogen (secondary N) is 2. The third-order valence-corrected chi connectivity index (χ3v) is 4.43.